The van der Waals surface area contributed by atoms with Crippen LogP contribution in [0.4, 0.5) is 24.5 Å². The summed E-state index contributed by atoms with van der Waals surface area (Å²) in [6.07, 6.45) is 5.22. The average molecular weight is 375 g/mol. The Morgan fingerprint density at radius 2 is 1.70 bits per heavy atom. The number of carbonyl (C=O) groups is 3. The van der Waals surface area contributed by atoms with Gasteiger partial charge in [0.1, 0.15) is 0 Å². The number of rotatable bonds is 4. The lowest BCUT2D eigenvalue weighted by atomic mass is 10.2. The van der Waals surface area contributed by atoms with Crippen LogP contribution in [0.5, 0.6) is 0 Å². The maximum absolute atomic E-state index is 13.5. The van der Waals surface area contributed by atoms with Crippen LogP contribution >= 0.6 is 0 Å². The third-order valence-corrected chi connectivity index (χ3v) is 3.21. The fourth-order valence-corrected chi connectivity index (χ4v) is 1.93. The molecule has 3 amide bonds. The Morgan fingerprint density at radius 1 is 0.963 bits per heavy atom. The van der Waals surface area contributed by atoms with Gasteiger partial charge in [-0.15, -0.1) is 6.42 Å². The van der Waals surface area contributed by atoms with E-state index in [-0.39, 0.29) is 5.69 Å². The highest BCUT2D eigenvalue weighted by Crippen LogP contribution is 2.19. The average Bonchev–Trinajstić information content (AvgIpc) is 2.66. The second kappa shape index (κ2) is 8.53. The van der Waals surface area contributed by atoms with Gasteiger partial charge in [0, 0.05) is 11.3 Å². The summed E-state index contributed by atoms with van der Waals surface area (Å²) >= 11 is 0. The number of terminal acetylenes is 1. The molecule has 27 heavy (non-hydrogen) atoms. The predicted octanol–water partition coefficient (Wildman–Crippen LogP) is 1.78. The maximum atomic E-state index is 13.5. The minimum Gasteiger partial charge on any atom is -0.339 e. The van der Waals surface area contributed by atoms with Gasteiger partial charge < -0.3 is 16.0 Å². The van der Waals surface area contributed by atoms with Crippen molar-refractivity contribution >= 4 is 29.1 Å². The van der Waals surface area contributed by atoms with Crippen molar-refractivity contribution in [2.45, 2.75) is 0 Å². The molecular formula is C18H12F3N3O3. The molecule has 2 rings (SSSR count). The zero-order valence-electron chi connectivity index (χ0n) is 13.6. The normalized spacial score (nSPS) is 9.85. The van der Waals surface area contributed by atoms with E-state index in [0.29, 0.717) is 11.6 Å². The van der Waals surface area contributed by atoms with Gasteiger partial charge in [0.2, 0.25) is 5.91 Å². The molecule has 0 aliphatic heterocycles. The third kappa shape index (κ3) is 5.09. The number of nitrogens with one attached hydrogen (secondary N) is 3. The zero-order chi connectivity index (χ0) is 20.0. The molecule has 0 atom stereocenters. The lowest BCUT2D eigenvalue weighted by molar-refractivity contribution is -0.136. The van der Waals surface area contributed by atoms with Gasteiger partial charge in [0.25, 0.3) is 0 Å². The van der Waals surface area contributed by atoms with Gasteiger partial charge in [0.15, 0.2) is 17.5 Å². The topological polar surface area (TPSA) is 87.3 Å². The first kappa shape index (κ1) is 19.5. The fraction of sp³-hybridized carbons (Fsp3) is 0.0556. The van der Waals surface area contributed by atoms with E-state index in [1.807, 2.05) is 10.6 Å². The van der Waals surface area contributed by atoms with E-state index >= 15 is 0 Å². The number of hydrogen-bond acceptors (Lipinski definition) is 3. The molecule has 138 valence electrons. The van der Waals surface area contributed by atoms with E-state index in [1.165, 1.54) is 12.1 Å². The Kier molecular flexibility index (Phi) is 6.17. The molecule has 0 unspecified atom stereocenters. The van der Waals surface area contributed by atoms with Gasteiger partial charge in [-0.1, -0.05) is 12.0 Å². The van der Waals surface area contributed by atoms with Crippen LogP contribution in [0.2, 0.25) is 0 Å². The van der Waals surface area contributed by atoms with Gasteiger partial charge in [-0.05, 0) is 30.3 Å². The molecule has 6 nitrogen and oxygen atoms in total. The Bertz CT molecular complexity index is 955. The molecule has 0 saturated carbocycles. The molecule has 0 aromatic heterocycles. The number of halogens is 3. The van der Waals surface area contributed by atoms with Crippen LogP contribution in [0.3, 0.4) is 0 Å². The molecule has 0 aliphatic rings. The standard InChI is InChI=1S/C18H12F3N3O3/c1-2-10-4-3-5-11(8-10)23-18(27)17(26)22-9-14(25)24-13-7-6-12(19)15(20)16(13)21/h1,3-8H,9H2,(H,22,26)(H,23,27)(H,24,25). The van der Waals surface area contributed by atoms with Crippen molar-refractivity contribution in [2.24, 2.45) is 0 Å². The molecule has 2 aromatic carbocycles. The molecule has 3 N–H and O–H groups in total. The van der Waals surface area contributed by atoms with Gasteiger partial charge in [-0.2, -0.15) is 0 Å². The van der Waals surface area contributed by atoms with Crippen molar-refractivity contribution in [3.63, 3.8) is 0 Å². The monoisotopic (exact) mass is 375 g/mol. The highest BCUT2D eigenvalue weighted by molar-refractivity contribution is 6.39. The summed E-state index contributed by atoms with van der Waals surface area (Å²) in [6.45, 7) is -0.699. The molecule has 0 aliphatic carbocycles. The van der Waals surface area contributed by atoms with Gasteiger partial charge in [-0.3, -0.25) is 14.4 Å². The van der Waals surface area contributed by atoms with Crippen molar-refractivity contribution < 1.29 is 27.6 Å². The number of hydrogen-bond donors (Lipinski definition) is 3. The van der Waals surface area contributed by atoms with E-state index < -0.39 is 47.4 Å². The number of amides is 3. The first-order valence-electron chi connectivity index (χ1n) is 7.41. The van der Waals surface area contributed by atoms with Crippen molar-refractivity contribution in [3.05, 3.63) is 59.4 Å². The SMILES string of the molecule is C#Cc1cccc(NC(=O)C(=O)NCC(=O)Nc2ccc(F)c(F)c2F)c1. The van der Waals surface area contributed by atoms with E-state index in [0.717, 1.165) is 6.07 Å². The fourth-order valence-electron chi connectivity index (χ4n) is 1.93. The number of carbonyl (C=O) groups excluding carboxylic acids is 3. The van der Waals surface area contributed by atoms with E-state index in [2.05, 4.69) is 11.2 Å². The molecule has 0 saturated heterocycles. The third-order valence-electron chi connectivity index (χ3n) is 3.21. The van der Waals surface area contributed by atoms with Crippen molar-refractivity contribution in [1.82, 2.24) is 5.32 Å². The van der Waals surface area contributed by atoms with Crippen LogP contribution < -0.4 is 16.0 Å². The molecule has 0 radical (unpaired) electrons. The summed E-state index contributed by atoms with van der Waals surface area (Å²) in [6, 6.07) is 7.61. The first-order valence-corrected chi connectivity index (χ1v) is 7.41. The van der Waals surface area contributed by atoms with E-state index in [1.54, 1.807) is 12.1 Å². The van der Waals surface area contributed by atoms with Gasteiger partial charge >= 0.3 is 11.8 Å². The van der Waals surface area contributed by atoms with Crippen molar-refractivity contribution in [3.8, 4) is 12.3 Å². The number of benzene rings is 2. The Hall–Kier alpha value is -3.80. The second-order valence-electron chi connectivity index (χ2n) is 5.13. The zero-order valence-corrected chi connectivity index (χ0v) is 13.6. The molecule has 0 bridgehead atoms. The van der Waals surface area contributed by atoms with Crippen molar-refractivity contribution in [1.29, 1.82) is 0 Å². The Morgan fingerprint density at radius 3 is 2.41 bits per heavy atom. The molecule has 2 aromatic rings. The minimum atomic E-state index is -1.74. The summed E-state index contributed by atoms with van der Waals surface area (Å²) in [5, 5.41) is 6.23. The van der Waals surface area contributed by atoms with Crippen molar-refractivity contribution in [2.75, 3.05) is 17.2 Å². The number of anilines is 2. The summed E-state index contributed by atoms with van der Waals surface area (Å²) in [5.41, 5.74) is 0.156. The van der Waals surface area contributed by atoms with Crippen LogP contribution in [-0.4, -0.2) is 24.3 Å². The molecular weight excluding hydrogens is 363 g/mol. The predicted molar refractivity (Wildman–Crippen MR) is 91.0 cm³/mol. The summed E-state index contributed by atoms with van der Waals surface area (Å²) in [7, 11) is 0. The summed E-state index contributed by atoms with van der Waals surface area (Å²) in [4.78, 5) is 35.1. The highest BCUT2D eigenvalue weighted by Gasteiger charge is 2.17. The minimum absolute atomic E-state index is 0.277. The quantitative estimate of drug-likeness (QED) is 0.433. The smallest absolute Gasteiger partial charge is 0.313 e. The highest BCUT2D eigenvalue weighted by atomic mass is 19.2. The van der Waals surface area contributed by atoms with Gasteiger partial charge in [-0.25, -0.2) is 13.2 Å². The van der Waals surface area contributed by atoms with Crippen LogP contribution in [0.1, 0.15) is 5.56 Å². The van der Waals surface area contributed by atoms with Crippen LogP contribution in [0, 0.1) is 29.8 Å². The first-order chi connectivity index (χ1) is 12.8. The molecule has 0 fully saturated rings. The molecule has 9 heteroatoms. The second-order valence-corrected chi connectivity index (χ2v) is 5.13. The molecule has 0 heterocycles. The lowest BCUT2D eigenvalue weighted by Gasteiger charge is -2.09. The van der Waals surface area contributed by atoms with E-state index in [9.17, 15) is 27.6 Å². The largest absolute Gasteiger partial charge is 0.339 e. The summed E-state index contributed by atoms with van der Waals surface area (Å²) in [5.74, 6) is -5.53. The molecule has 0 spiro atoms. The van der Waals surface area contributed by atoms with Gasteiger partial charge in [0.05, 0.1) is 12.2 Å². The Labute approximate surface area is 151 Å². The lowest BCUT2D eigenvalue weighted by Crippen LogP contribution is -2.39. The summed E-state index contributed by atoms with van der Waals surface area (Å²) < 4.78 is 39.4. The maximum Gasteiger partial charge on any atom is 0.313 e. The van der Waals surface area contributed by atoms with Crippen LogP contribution in [-0.2, 0) is 14.4 Å². The van der Waals surface area contributed by atoms with Crippen LogP contribution in [0.25, 0.3) is 0 Å². The van der Waals surface area contributed by atoms with Crippen LogP contribution in [0.15, 0.2) is 36.4 Å². The Balaban J connectivity index is 1.89. The van der Waals surface area contributed by atoms with E-state index in [4.69, 9.17) is 6.42 Å².